The minimum Gasteiger partial charge on any atom is -0.508 e. The van der Waals surface area contributed by atoms with Gasteiger partial charge in [0.05, 0.1) is 12.8 Å². The molecule has 1 aliphatic heterocycles. The van der Waals surface area contributed by atoms with Crippen LogP contribution in [0, 0.1) is 0 Å². The smallest absolute Gasteiger partial charge is 0.125 e. The van der Waals surface area contributed by atoms with Crippen molar-refractivity contribution in [2.24, 2.45) is 11.5 Å². The van der Waals surface area contributed by atoms with Crippen LogP contribution < -0.4 is 16.8 Å². The molecule has 1 unspecified atom stereocenters. The molecule has 0 radical (unpaired) electrons. The third kappa shape index (κ3) is 7.10. The van der Waals surface area contributed by atoms with Gasteiger partial charge >= 0.3 is 0 Å². The van der Waals surface area contributed by atoms with Gasteiger partial charge in [-0.25, -0.2) is 0 Å². The van der Waals surface area contributed by atoms with E-state index in [1.807, 2.05) is 19.9 Å². The number of nitrogens with one attached hydrogen (secondary N) is 1. The van der Waals surface area contributed by atoms with Crippen molar-refractivity contribution in [2.45, 2.75) is 76.5 Å². The lowest BCUT2D eigenvalue weighted by molar-refractivity contribution is 0.169. The highest BCUT2D eigenvalue weighted by Crippen LogP contribution is 2.35. The largest absolute Gasteiger partial charge is 0.508 e. The molecule has 1 saturated heterocycles. The zero-order valence-electron chi connectivity index (χ0n) is 18.9. The zero-order chi connectivity index (χ0) is 22.1. The molecule has 0 amide bonds. The fraction of sp³-hybridized carbons (Fsp3) is 0.739. The molecule has 1 heterocycles. The molecule has 7 N–H and O–H groups in total. The fourth-order valence-electron chi connectivity index (χ4n) is 4.50. The lowest BCUT2D eigenvalue weighted by Crippen LogP contribution is -2.44. The van der Waals surface area contributed by atoms with Crippen molar-refractivity contribution < 1.29 is 14.9 Å². The summed E-state index contributed by atoms with van der Waals surface area (Å²) in [5.41, 5.74) is 12.8. The molecule has 7 nitrogen and oxygen atoms in total. The Morgan fingerprint density at radius 2 is 1.67 bits per heavy atom. The number of aromatic hydroxyl groups is 2. The van der Waals surface area contributed by atoms with Gasteiger partial charge in [0.1, 0.15) is 11.5 Å². The molecule has 1 aliphatic carbocycles. The Balaban J connectivity index is 0.000000575. The minimum atomic E-state index is -0.411. The standard InChI is InChI=1S/C20H33N3O2.C3H9NO/c1-13(2)16-11-17(19(25)12-18(16)24)20(21)22-14-5-7-15(8-6-14)23-9-3-4-10-23;1-5-3-2-4/h11-15,20,22,24-25H,3-10,21H2,1-2H3;2-4H2,1H3. The molecule has 1 atom stereocenters. The summed E-state index contributed by atoms with van der Waals surface area (Å²) >= 11 is 0. The van der Waals surface area contributed by atoms with E-state index in [4.69, 9.17) is 11.5 Å². The second-order valence-electron chi connectivity index (χ2n) is 8.80. The van der Waals surface area contributed by atoms with Crippen LogP contribution in [-0.4, -0.2) is 60.5 Å². The average molecular weight is 423 g/mol. The highest BCUT2D eigenvalue weighted by molar-refractivity contribution is 5.47. The van der Waals surface area contributed by atoms with Crippen molar-refractivity contribution in [3.05, 3.63) is 23.3 Å². The second kappa shape index (κ2) is 12.5. The molecule has 1 saturated carbocycles. The molecule has 1 aromatic carbocycles. The first-order valence-corrected chi connectivity index (χ1v) is 11.4. The van der Waals surface area contributed by atoms with E-state index in [2.05, 4.69) is 15.0 Å². The Labute approximate surface area is 181 Å². The fourth-order valence-corrected chi connectivity index (χ4v) is 4.50. The highest BCUT2D eigenvalue weighted by Gasteiger charge is 2.28. The zero-order valence-corrected chi connectivity index (χ0v) is 18.9. The molecule has 0 spiro atoms. The first kappa shape index (κ1) is 24.9. The summed E-state index contributed by atoms with van der Waals surface area (Å²) in [6.45, 7) is 7.86. The molecular weight excluding hydrogens is 380 g/mol. The van der Waals surface area contributed by atoms with Crippen molar-refractivity contribution in [3.63, 3.8) is 0 Å². The Hall–Kier alpha value is -1.38. The number of hydrogen-bond donors (Lipinski definition) is 5. The lowest BCUT2D eigenvalue weighted by atomic mass is 9.89. The molecule has 30 heavy (non-hydrogen) atoms. The number of nitrogens with zero attached hydrogens (tertiary/aromatic N) is 1. The van der Waals surface area contributed by atoms with Gasteiger partial charge in [0.25, 0.3) is 0 Å². The molecule has 3 rings (SSSR count). The normalized spacial score (nSPS) is 23.3. The Bertz CT molecular complexity index is 625. The Morgan fingerprint density at radius 1 is 1.07 bits per heavy atom. The topological polar surface area (TPSA) is 117 Å². The second-order valence-corrected chi connectivity index (χ2v) is 8.80. The van der Waals surface area contributed by atoms with Crippen LogP contribution in [0.2, 0.25) is 0 Å². The van der Waals surface area contributed by atoms with Gasteiger partial charge in [-0.15, -0.1) is 0 Å². The minimum absolute atomic E-state index is 0.0626. The molecular formula is C23H42N4O3. The van der Waals surface area contributed by atoms with Crippen molar-refractivity contribution in [1.82, 2.24) is 10.2 Å². The predicted molar refractivity (Wildman–Crippen MR) is 122 cm³/mol. The SMILES string of the molecule is CC(C)c1cc(C(N)NC2CCC(N3CCCC3)CC2)c(O)cc1O.COCCN. The van der Waals surface area contributed by atoms with Crippen molar-refractivity contribution in [1.29, 1.82) is 0 Å². The van der Waals surface area contributed by atoms with Gasteiger partial charge in [-0.1, -0.05) is 13.8 Å². The first-order chi connectivity index (χ1) is 14.4. The van der Waals surface area contributed by atoms with E-state index in [1.165, 1.54) is 44.8 Å². The van der Waals surface area contributed by atoms with Gasteiger partial charge in [-0.3, -0.25) is 5.32 Å². The number of ether oxygens (including phenoxy) is 1. The van der Waals surface area contributed by atoms with Crippen molar-refractivity contribution >= 4 is 0 Å². The third-order valence-electron chi connectivity index (χ3n) is 6.22. The van der Waals surface area contributed by atoms with E-state index in [9.17, 15) is 10.2 Å². The van der Waals surface area contributed by atoms with Gasteiger partial charge in [0.2, 0.25) is 0 Å². The highest BCUT2D eigenvalue weighted by atomic mass is 16.5. The summed E-state index contributed by atoms with van der Waals surface area (Å²) in [6.07, 6.45) is 7.00. The van der Waals surface area contributed by atoms with E-state index in [-0.39, 0.29) is 17.4 Å². The monoisotopic (exact) mass is 422 g/mol. The maximum atomic E-state index is 10.2. The number of phenols is 2. The van der Waals surface area contributed by atoms with Crippen LogP contribution in [0.1, 0.15) is 75.6 Å². The molecule has 0 aromatic heterocycles. The van der Waals surface area contributed by atoms with Gasteiger partial charge in [0, 0.05) is 37.4 Å². The average Bonchev–Trinajstić information content (AvgIpc) is 3.24. The number of rotatable bonds is 7. The van der Waals surface area contributed by atoms with Crippen LogP contribution in [0.15, 0.2) is 12.1 Å². The molecule has 7 heteroatoms. The van der Waals surface area contributed by atoms with Crippen LogP contribution in [0.4, 0.5) is 0 Å². The van der Waals surface area contributed by atoms with Crippen LogP contribution >= 0.6 is 0 Å². The van der Waals surface area contributed by atoms with E-state index in [0.29, 0.717) is 24.8 Å². The summed E-state index contributed by atoms with van der Waals surface area (Å²) in [5, 5.41) is 23.7. The number of methoxy groups -OCH3 is 1. The summed E-state index contributed by atoms with van der Waals surface area (Å²) in [6, 6.07) is 4.38. The van der Waals surface area contributed by atoms with Gasteiger partial charge in [0.15, 0.2) is 0 Å². The van der Waals surface area contributed by atoms with Crippen molar-refractivity contribution in [3.8, 4) is 11.5 Å². The number of likely N-dealkylation sites (tertiary alicyclic amines) is 1. The maximum absolute atomic E-state index is 10.2. The summed E-state index contributed by atoms with van der Waals surface area (Å²) < 4.78 is 4.57. The van der Waals surface area contributed by atoms with Crippen LogP contribution in [-0.2, 0) is 4.74 Å². The summed E-state index contributed by atoms with van der Waals surface area (Å²) in [5.74, 6) is 0.379. The third-order valence-corrected chi connectivity index (χ3v) is 6.22. The van der Waals surface area contributed by atoms with Crippen LogP contribution in [0.5, 0.6) is 11.5 Å². The summed E-state index contributed by atoms with van der Waals surface area (Å²) in [7, 11) is 1.63. The van der Waals surface area contributed by atoms with E-state index in [0.717, 1.165) is 24.4 Å². The first-order valence-electron chi connectivity index (χ1n) is 11.4. The van der Waals surface area contributed by atoms with E-state index < -0.39 is 6.17 Å². The molecule has 0 bridgehead atoms. The van der Waals surface area contributed by atoms with Gasteiger partial charge in [-0.2, -0.15) is 0 Å². The number of phenolic OH excluding ortho intramolecular Hbond substituents is 2. The maximum Gasteiger partial charge on any atom is 0.125 e. The van der Waals surface area contributed by atoms with Gasteiger partial charge in [-0.05, 0) is 69.2 Å². The molecule has 1 aromatic rings. The van der Waals surface area contributed by atoms with Gasteiger partial charge < -0.3 is 31.3 Å². The number of benzene rings is 1. The van der Waals surface area contributed by atoms with Crippen LogP contribution in [0.3, 0.4) is 0 Å². The molecule has 2 fully saturated rings. The summed E-state index contributed by atoms with van der Waals surface area (Å²) in [4.78, 5) is 2.65. The Kier molecular flexibility index (Phi) is 10.3. The number of nitrogens with two attached hydrogens (primary N) is 2. The molecule has 172 valence electrons. The quantitative estimate of drug-likeness (QED) is 0.429. The van der Waals surface area contributed by atoms with E-state index >= 15 is 0 Å². The van der Waals surface area contributed by atoms with E-state index in [1.54, 1.807) is 7.11 Å². The number of hydrogen-bond acceptors (Lipinski definition) is 7. The molecule has 2 aliphatic rings. The van der Waals surface area contributed by atoms with Crippen LogP contribution in [0.25, 0.3) is 0 Å². The van der Waals surface area contributed by atoms with Crippen molar-refractivity contribution in [2.75, 3.05) is 33.4 Å². The Morgan fingerprint density at radius 3 is 2.17 bits per heavy atom. The lowest BCUT2D eigenvalue weighted by Gasteiger charge is -2.36. The predicted octanol–water partition coefficient (Wildman–Crippen LogP) is 2.77.